The van der Waals surface area contributed by atoms with Crippen LogP contribution in [0.15, 0.2) is 22.7 Å². The van der Waals surface area contributed by atoms with Crippen molar-refractivity contribution in [1.82, 2.24) is 9.80 Å². The molecule has 0 aliphatic heterocycles. The first-order valence-corrected chi connectivity index (χ1v) is 7.91. The molecule has 0 radical (unpaired) electrons. The van der Waals surface area contributed by atoms with Crippen molar-refractivity contribution in [3.05, 3.63) is 33.3 Å². The van der Waals surface area contributed by atoms with Gasteiger partial charge in [0.2, 0.25) is 0 Å². The van der Waals surface area contributed by atoms with Crippen molar-refractivity contribution in [2.75, 3.05) is 27.7 Å². The van der Waals surface area contributed by atoms with Gasteiger partial charge in [-0.25, -0.2) is 0 Å². The first-order valence-electron chi connectivity index (χ1n) is 6.74. The van der Waals surface area contributed by atoms with E-state index in [4.69, 9.17) is 11.6 Å². The van der Waals surface area contributed by atoms with E-state index in [0.717, 1.165) is 23.9 Å². The first kappa shape index (κ1) is 15.8. The maximum absolute atomic E-state index is 12.6. The zero-order chi connectivity index (χ0) is 14.9. The highest BCUT2D eigenvalue weighted by Gasteiger charge is 2.40. The van der Waals surface area contributed by atoms with Gasteiger partial charge in [0.15, 0.2) is 0 Å². The lowest BCUT2D eigenvalue weighted by atomic mass is 9.75. The normalized spacial score (nSPS) is 16.9. The number of nitrogens with zero attached hydrogens (tertiary/aromatic N) is 2. The predicted octanol–water partition coefficient (Wildman–Crippen LogP) is 3.66. The van der Waals surface area contributed by atoms with E-state index < -0.39 is 0 Å². The van der Waals surface area contributed by atoms with Crippen LogP contribution in [0.1, 0.15) is 29.6 Å². The minimum absolute atomic E-state index is 0.0293. The fourth-order valence-corrected chi connectivity index (χ4v) is 3.57. The van der Waals surface area contributed by atoms with Crippen molar-refractivity contribution in [2.45, 2.75) is 24.8 Å². The van der Waals surface area contributed by atoms with E-state index in [1.807, 2.05) is 11.9 Å². The number of halogens is 2. The highest BCUT2D eigenvalue weighted by Crippen LogP contribution is 2.37. The molecular weight excluding hydrogens is 340 g/mol. The van der Waals surface area contributed by atoms with E-state index in [-0.39, 0.29) is 11.4 Å². The van der Waals surface area contributed by atoms with Crippen LogP contribution >= 0.6 is 27.5 Å². The first-order chi connectivity index (χ1) is 9.35. The van der Waals surface area contributed by atoms with Crippen LogP contribution < -0.4 is 0 Å². The van der Waals surface area contributed by atoms with Crippen molar-refractivity contribution in [1.29, 1.82) is 0 Å². The Morgan fingerprint density at radius 3 is 2.45 bits per heavy atom. The molecule has 0 unspecified atom stereocenters. The predicted molar refractivity (Wildman–Crippen MR) is 86.4 cm³/mol. The molecule has 1 fully saturated rings. The second-order valence-corrected chi connectivity index (χ2v) is 7.05. The largest absolute Gasteiger partial charge is 0.340 e. The Morgan fingerprint density at radius 1 is 1.35 bits per heavy atom. The molecule has 0 bridgehead atoms. The topological polar surface area (TPSA) is 23.6 Å². The minimum atomic E-state index is 0.0293. The summed E-state index contributed by atoms with van der Waals surface area (Å²) < 4.78 is 0.745. The van der Waals surface area contributed by atoms with Crippen LogP contribution in [0.3, 0.4) is 0 Å². The number of hydrogen-bond acceptors (Lipinski definition) is 2. The van der Waals surface area contributed by atoms with Crippen LogP contribution in [-0.4, -0.2) is 48.9 Å². The van der Waals surface area contributed by atoms with Crippen LogP contribution in [0.2, 0.25) is 5.02 Å². The maximum Gasteiger partial charge on any atom is 0.254 e. The monoisotopic (exact) mass is 358 g/mol. The molecule has 1 saturated carbocycles. The molecule has 1 aliphatic carbocycles. The number of amides is 1. The summed E-state index contributed by atoms with van der Waals surface area (Å²) in [7, 11) is 6.05. The number of benzene rings is 1. The highest BCUT2D eigenvalue weighted by molar-refractivity contribution is 9.10. The van der Waals surface area contributed by atoms with Gasteiger partial charge in [-0.1, -0.05) is 11.6 Å². The smallest absolute Gasteiger partial charge is 0.254 e. The van der Waals surface area contributed by atoms with E-state index >= 15 is 0 Å². The molecule has 1 amide bonds. The van der Waals surface area contributed by atoms with Gasteiger partial charge in [-0.05, 0) is 67.5 Å². The van der Waals surface area contributed by atoms with Gasteiger partial charge in [-0.2, -0.15) is 0 Å². The summed E-state index contributed by atoms with van der Waals surface area (Å²) in [6.07, 6.45) is 3.55. The molecule has 1 aromatic carbocycles. The number of likely N-dealkylation sites (N-methyl/N-ethyl adjacent to an activating group) is 2. The lowest BCUT2D eigenvalue weighted by Gasteiger charge is -2.49. The lowest BCUT2D eigenvalue weighted by molar-refractivity contribution is 0.0252. The molecule has 0 heterocycles. The molecule has 2 rings (SSSR count). The average molecular weight is 360 g/mol. The van der Waals surface area contributed by atoms with Crippen molar-refractivity contribution < 1.29 is 4.79 Å². The Kier molecular flexibility index (Phi) is 4.77. The quantitative estimate of drug-likeness (QED) is 0.819. The summed E-state index contributed by atoms with van der Waals surface area (Å²) in [4.78, 5) is 16.6. The second kappa shape index (κ2) is 6.04. The molecule has 110 valence electrons. The summed E-state index contributed by atoms with van der Waals surface area (Å²) in [5.41, 5.74) is 0.800. The molecule has 0 aromatic heterocycles. The van der Waals surface area contributed by atoms with Gasteiger partial charge in [-0.15, -0.1) is 0 Å². The fourth-order valence-electron chi connectivity index (χ4n) is 2.71. The van der Waals surface area contributed by atoms with Crippen LogP contribution in [-0.2, 0) is 0 Å². The molecule has 0 atom stereocenters. The molecule has 20 heavy (non-hydrogen) atoms. The highest BCUT2D eigenvalue weighted by atomic mass is 79.9. The summed E-state index contributed by atoms with van der Waals surface area (Å²) in [6, 6.07) is 5.28. The van der Waals surface area contributed by atoms with E-state index in [0.29, 0.717) is 10.6 Å². The standard InChI is InChI=1S/C15H20BrClN2O/c1-18(2)15(7-4-8-15)10-19(3)14(20)12-6-5-11(17)9-13(12)16/h5-6,9H,4,7-8,10H2,1-3H3. The zero-order valence-corrected chi connectivity index (χ0v) is 14.5. The van der Waals surface area contributed by atoms with Gasteiger partial charge < -0.3 is 9.80 Å². The number of hydrogen-bond donors (Lipinski definition) is 0. The second-order valence-electron chi connectivity index (χ2n) is 5.76. The SMILES string of the molecule is CN(CC1(N(C)C)CCC1)C(=O)c1ccc(Cl)cc1Br. The molecule has 3 nitrogen and oxygen atoms in total. The summed E-state index contributed by atoms with van der Waals surface area (Å²) in [6.45, 7) is 0.758. The summed E-state index contributed by atoms with van der Waals surface area (Å²) in [5.74, 6) is 0.0293. The Morgan fingerprint density at radius 2 is 2.00 bits per heavy atom. The number of carbonyl (C=O) groups excluding carboxylic acids is 1. The lowest BCUT2D eigenvalue weighted by Crippen LogP contribution is -2.57. The van der Waals surface area contributed by atoms with Crippen LogP contribution in [0.4, 0.5) is 0 Å². The van der Waals surface area contributed by atoms with Crippen molar-refractivity contribution in [3.8, 4) is 0 Å². The third-order valence-electron chi connectivity index (χ3n) is 4.27. The third kappa shape index (κ3) is 3.02. The Labute approximate surface area is 134 Å². The van der Waals surface area contributed by atoms with Gasteiger partial charge in [0.25, 0.3) is 5.91 Å². The molecule has 1 aromatic rings. The van der Waals surface area contributed by atoms with E-state index in [2.05, 4.69) is 34.9 Å². The number of carbonyl (C=O) groups is 1. The summed E-state index contributed by atoms with van der Waals surface area (Å²) in [5, 5.41) is 0.625. The van der Waals surface area contributed by atoms with Gasteiger partial charge in [0.1, 0.15) is 0 Å². The molecular formula is C15H20BrClN2O. The molecule has 0 spiro atoms. The van der Waals surface area contributed by atoms with E-state index in [1.54, 1.807) is 18.2 Å². The Balaban J connectivity index is 2.12. The molecule has 5 heteroatoms. The summed E-state index contributed by atoms with van der Waals surface area (Å²) >= 11 is 9.33. The van der Waals surface area contributed by atoms with Crippen LogP contribution in [0.5, 0.6) is 0 Å². The third-order valence-corrected chi connectivity index (χ3v) is 5.16. The minimum Gasteiger partial charge on any atom is -0.340 e. The zero-order valence-electron chi connectivity index (χ0n) is 12.1. The van der Waals surface area contributed by atoms with Gasteiger partial charge >= 0.3 is 0 Å². The van der Waals surface area contributed by atoms with Gasteiger partial charge in [0, 0.05) is 28.6 Å². The van der Waals surface area contributed by atoms with Crippen molar-refractivity contribution >= 4 is 33.4 Å². The van der Waals surface area contributed by atoms with Gasteiger partial charge in [-0.3, -0.25) is 4.79 Å². The number of rotatable bonds is 4. The maximum atomic E-state index is 12.6. The van der Waals surface area contributed by atoms with Crippen LogP contribution in [0.25, 0.3) is 0 Å². The Hall–Kier alpha value is -0.580. The fraction of sp³-hybridized carbons (Fsp3) is 0.533. The van der Waals surface area contributed by atoms with Crippen LogP contribution in [0, 0.1) is 0 Å². The Bertz CT molecular complexity index is 515. The van der Waals surface area contributed by atoms with Crippen molar-refractivity contribution in [3.63, 3.8) is 0 Å². The van der Waals surface area contributed by atoms with E-state index in [1.165, 1.54) is 6.42 Å². The molecule has 0 N–H and O–H groups in total. The van der Waals surface area contributed by atoms with Gasteiger partial charge in [0.05, 0.1) is 5.56 Å². The molecule has 1 aliphatic rings. The van der Waals surface area contributed by atoms with Crippen molar-refractivity contribution in [2.24, 2.45) is 0 Å². The van der Waals surface area contributed by atoms with E-state index in [9.17, 15) is 4.79 Å². The average Bonchev–Trinajstić information content (AvgIpc) is 2.32. The molecule has 0 saturated heterocycles.